The van der Waals surface area contributed by atoms with Gasteiger partial charge in [0.2, 0.25) is 0 Å². The van der Waals surface area contributed by atoms with Crippen molar-refractivity contribution in [2.24, 2.45) is 11.7 Å². The smallest absolute Gasteiger partial charge is 0.169 e. The summed E-state index contributed by atoms with van der Waals surface area (Å²) in [6.07, 6.45) is 7.21. The molecular formula is C15H22FNO. The van der Waals surface area contributed by atoms with Gasteiger partial charge < -0.3 is 10.5 Å². The van der Waals surface area contributed by atoms with E-state index in [1.165, 1.54) is 32.8 Å². The standard InChI is InChI=1S/C15H22FNO/c1-18-13-10-6-9-12(14(13)16)15(17)11-7-4-2-3-5-8-11/h6,9-11,15H,2-5,7-8,17H2,1H3. The van der Waals surface area contributed by atoms with Gasteiger partial charge in [-0.1, -0.05) is 37.8 Å². The zero-order valence-electron chi connectivity index (χ0n) is 11.0. The molecule has 1 unspecified atom stereocenters. The van der Waals surface area contributed by atoms with E-state index in [2.05, 4.69) is 0 Å². The number of halogens is 1. The second-order valence-corrected chi connectivity index (χ2v) is 5.14. The van der Waals surface area contributed by atoms with Crippen molar-refractivity contribution in [2.75, 3.05) is 7.11 Å². The van der Waals surface area contributed by atoms with Crippen molar-refractivity contribution in [1.29, 1.82) is 0 Å². The van der Waals surface area contributed by atoms with E-state index in [-0.39, 0.29) is 17.6 Å². The van der Waals surface area contributed by atoms with E-state index < -0.39 is 0 Å². The number of nitrogens with two attached hydrogens (primary N) is 1. The lowest BCUT2D eigenvalue weighted by atomic mass is 9.87. The molecule has 1 fully saturated rings. The van der Waals surface area contributed by atoms with Gasteiger partial charge in [-0.3, -0.25) is 0 Å². The number of rotatable bonds is 3. The van der Waals surface area contributed by atoms with Gasteiger partial charge in [0, 0.05) is 11.6 Å². The zero-order chi connectivity index (χ0) is 13.0. The van der Waals surface area contributed by atoms with Crippen LogP contribution in [0.2, 0.25) is 0 Å². The van der Waals surface area contributed by atoms with Crippen LogP contribution in [-0.4, -0.2) is 7.11 Å². The average molecular weight is 251 g/mol. The molecular weight excluding hydrogens is 229 g/mol. The van der Waals surface area contributed by atoms with Crippen LogP contribution in [0.4, 0.5) is 4.39 Å². The highest BCUT2D eigenvalue weighted by Crippen LogP contribution is 2.34. The van der Waals surface area contributed by atoms with Crippen molar-refractivity contribution in [3.63, 3.8) is 0 Å². The number of benzene rings is 1. The Hall–Kier alpha value is -1.09. The van der Waals surface area contributed by atoms with Crippen LogP contribution >= 0.6 is 0 Å². The summed E-state index contributed by atoms with van der Waals surface area (Å²) in [5.74, 6) is 0.391. The Bertz CT molecular complexity index is 386. The first-order chi connectivity index (χ1) is 8.74. The molecule has 0 saturated heterocycles. The lowest BCUT2D eigenvalue weighted by Gasteiger charge is -2.23. The molecule has 0 aromatic heterocycles. The highest BCUT2D eigenvalue weighted by Gasteiger charge is 2.24. The lowest BCUT2D eigenvalue weighted by Crippen LogP contribution is -2.22. The normalized spacial score (nSPS) is 19.3. The number of hydrogen-bond donors (Lipinski definition) is 1. The zero-order valence-corrected chi connectivity index (χ0v) is 11.0. The first-order valence-electron chi connectivity index (χ1n) is 6.82. The second-order valence-electron chi connectivity index (χ2n) is 5.14. The maximum Gasteiger partial charge on any atom is 0.169 e. The van der Waals surface area contributed by atoms with Crippen molar-refractivity contribution < 1.29 is 9.13 Å². The molecule has 3 heteroatoms. The molecule has 2 N–H and O–H groups in total. The Labute approximate surface area is 108 Å². The van der Waals surface area contributed by atoms with Crippen LogP contribution in [-0.2, 0) is 0 Å². The van der Waals surface area contributed by atoms with Crippen LogP contribution in [0.3, 0.4) is 0 Å². The Morgan fingerprint density at radius 2 is 1.89 bits per heavy atom. The van der Waals surface area contributed by atoms with E-state index in [9.17, 15) is 4.39 Å². The van der Waals surface area contributed by atoms with E-state index in [0.29, 0.717) is 11.5 Å². The Morgan fingerprint density at radius 3 is 2.50 bits per heavy atom. The predicted octanol–water partition coefficient (Wildman–Crippen LogP) is 3.80. The molecule has 0 heterocycles. The monoisotopic (exact) mass is 251 g/mol. The highest BCUT2D eigenvalue weighted by molar-refractivity contribution is 5.33. The molecule has 1 aromatic rings. The molecule has 0 radical (unpaired) electrons. The summed E-state index contributed by atoms with van der Waals surface area (Å²) in [6, 6.07) is 5.03. The first kappa shape index (κ1) is 13.3. The molecule has 0 aliphatic heterocycles. The molecule has 0 bridgehead atoms. The topological polar surface area (TPSA) is 35.2 Å². The fraction of sp³-hybridized carbons (Fsp3) is 0.600. The molecule has 1 aliphatic carbocycles. The van der Waals surface area contributed by atoms with Crippen molar-refractivity contribution >= 4 is 0 Å². The maximum atomic E-state index is 14.2. The molecule has 0 spiro atoms. The minimum absolute atomic E-state index is 0.210. The highest BCUT2D eigenvalue weighted by atomic mass is 19.1. The molecule has 1 saturated carbocycles. The molecule has 100 valence electrons. The summed E-state index contributed by atoms with van der Waals surface area (Å²) in [5.41, 5.74) is 6.87. The minimum Gasteiger partial charge on any atom is -0.494 e. The summed E-state index contributed by atoms with van der Waals surface area (Å²) in [7, 11) is 1.49. The van der Waals surface area contributed by atoms with Crippen molar-refractivity contribution in [1.82, 2.24) is 0 Å². The second kappa shape index (κ2) is 6.19. The Kier molecular flexibility index (Phi) is 4.59. The van der Waals surface area contributed by atoms with Gasteiger partial charge in [0.1, 0.15) is 0 Å². The molecule has 1 aromatic carbocycles. The number of ether oxygens (including phenoxy) is 1. The van der Waals surface area contributed by atoms with E-state index >= 15 is 0 Å². The Balaban J connectivity index is 2.19. The van der Waals surface area contributed by atoms with E-state index in [0.717, 1.165) is 12.8 Å². The van der Waals surface area contributed by atoms with Crippen molar-refractivity contribution in [3.05, 3.63) is 29.6 Å². The fourth-order valence-electron chi connectivity index (χ4n) is 2.87. The molecule has 2 rings (SSSR count). The third kappa shape index (κ3) is 2.83. The van der Waals surface area contributed by atoms with Crippen LogP contribution in [0.25, 0.3) is 0 Å². The summed E-state index contributed by atoms with van der Waals surface area (Å²) in [4.78, 5) is 0. The quantitative estimate of drug-likeness (QED) is 0.829. The van der Waals surface area contributed by atoms with Crippen LogP contribution in [0.5, 0.6) is 5.75 Å². The molecule has 0 amide bonds. The van der Waals surface area contributed by atoms with E-state index in [4.69, 9.17) is 10.5 Å². The van der Waals surface area contributed by atoms with Gasteiger partial charge in [0.25, 0.3) is 0 Å². The fourth-order valence-corrected chi connectivity index (χ4v) is 2.87. The van der Waals surface area contributed by atoms with Gasteiger partial charge in [-0.05, 0) is 24.8 Å². The van der Waals surface area contributed by atoms with Crippen LogP contribution in [0.1, 0.15) is 50.1 Å². The van der Waals surface area contributed by atoms with Gasteiger partial charge in [-0.2, -0.15) is 0 Å². The average Bonchev–Trinajstić information content (AvgIpc) is 2.67. The summed E-state index contributed by atoms with van der Waals surface area (Å²) < 4.78 is 19.2. The molecule has 1 aliphatic rings. The largest absolute Gasteiger partial charge is 0.494 e. The summed E-state index contributed by atoms with van der Waals surface area (Å²) in [5, 5.41) is 0. The van der Waals surface area contributed by atoms with Crippen LogP contribution in [0.15, 0.2) is 18.2 Å². The van der Waals surface area contributed by atoms with Gasteiger partial charge in [0.05, 0.1) is 7.11 Å². The molecule has 1 atom stereocenters. The van der Waals surface area contributed by atoms with Crippen molar-refractivity contribution in [3.8, 4) is 5.75 Å². The SMILES string of the molecule is COc1cccc(C(N)C2CCCCCC2)c1F. The maximum absolute atomic E-state index is 14.2. The third-order valence-electron chi connectivity index (χ3n) is 3.98. The lowest BCUT2D eigenvalue weighted by molar-refractivity contribution is 0.355. The minimum atomic E-state index is -0.295. The van der Waals surface area contributed by atoms with Crippen LogP contribution in [0, 0.1) is 11.7 Å². The van der Waals surface area contributed by atoms with Crippen LogP contribution < -0.4 is 10.5 Å². The Morgan fingerprint density at radius 1 is 1.22 bits per heavy atom. The third-order valence-corrected chi connectivity index (χ3v) is 3.98. The molecule has 2 nitrogen and oxygen atoms in total. The number of methoxy groups -OCH3 is 1. The van der Waals surface area contributed by atoms with Gasteiger partial charge >= 0.3 is 0 Å². The first-order valence-corrected chi connectivity index (χ1v) is 6.82. The summed E-state index contributed by atoms with van der Waals surface area (Å²) in [6.45, 7) is 0. The van der Waals surface area contributed by atoms with Gasteiger partial charge in [-0.15, -0.1) is 0 Å². The van der Waals surface area contributed by atoms with Crippen molar-refractivity contribution in [2.45, 2.75) is 44.6 Å². The van der Waals surface area contributed by atoms with E-state index in [1.54, 1.807) is 12.1 Å². The predicted molar refractivity (Wildman–Crippen MR) is 71.1 cm³/mol. The molecule has 18 heavy (non-hydrogen) atoms. The number of hydrogen-bond acceptors (Lipinski definition) is 2. The van der Waals surface area contributed by atoms with E-state index in [1.807, 2.05) is 6.07 Å². The van der Waals surface area contributed by atoms with Gasteiger partial charge in [-0.25, -0.2) is 4.39 Å². The van der Waals surface area contributed by atoms with Gasteiger partial charge in [0.15, 0.2) is 11.6 Å². The summed E-state index contributed by atoms with van der Waals surface area (Å²) >= 11 is 0.